The summed E-state index contributed by atoms with van der Waals surface area (Å²) in [5.74, 6) is -1.89. The fourth-order valence-corrected chi connectivity index (χ4v) is 2.21. The van der Waals surface area contributed by atoms with E-state index in [1.165, 1.54) is 10.8 Å². The lowest BCUT2D eigenvalue weighted by molar-refractivity contribution is -0.152. The number of carbonyl (C=O) groups is 3. The van der Waals surface area contributed by atoms with Gasteiger partial charge in [-0.3, -0.25) is 14.9 Å². The van der Waals surface area contributed by atoms with Gasteiger partial charge in [0.15, 0.2) is 0 Å². The molecule has 1 aliphatic heterocycles. The first kappa shape index (κ1) is 13.1. The van der Waals surface area contributed by atoms with Gasteiger partial charge in [0.1, 0.15) is 12.3 Å². The minimum Gasteiger partial charge on any atom is -0.459 e. The summed E-state index contributed by atoms with van der Waals surface area (Å²) < 4.78 is 6.50. The van der Waals surface area contributed by atoms with Gasteiger partial charge in [-0.2, -0.15) is 0 Å². The molecule has 0 saturated heterocycles. The zero-order valence-corrected chi connectivity index (χ0v) is 11.0. The molecule has 6 heteroatoms. The number of carbonyl (C=O) groups excluding carboxylic acids is 3. The van der Waals surface area contributed by atoms with Crippen molar-refractivity contribution in [1.82, 2.24) is 9.88 Å². The molecule has 3 rings (SSSR count). The van der Waals surface area contributed by atoms with Crippen molar-refractivity contribution in [3.05, 3.63) is 59.9 Å². The second-order valence-corrected chi connectivity index (χ2v) is 4.61. The summed E-state index contributed by atoms with van der Waals surface area (Å²) in [4.78, 5) is 35.6. The summed E-state index contributed by atoms with van der Waals surface area (Å²) in [7, 11) is 0. The second kappa shape index (κ2) is 5.24. The Morgan fingerprint density at radius 3 is 2.67 bits per heavy atom. The molecule has 2 amide bonds. The Morgan fingerprint density at radius 2 is 1.90 bits per heavy atom. The molecule has 0 radical (unpaired) electrons. The zero-order valence-electron chi connectivity index (χ0n) is 11.0. The van der Waals surface area contributed by atoms with Crippen molar-refractivity contribution in [3.8, 4) is 0 Å². The number of hydrogen-bond donors (Lipinski definition) is 1. The summed E-state index contributed by atoms with van der Waals surface area (Å²) in [5, 5.41) is 2.15. The molecule has 0 aliphatic carbocycles. The van der Waals surface area contributed by atoms with Crippen molar-refractivity contribution in [3.63, 3.8) is 0 Å². The molecule has 6 nitrogen and oxygen atoms in total. The van der Waals surface area contributed by atoms with Crippen LogP contribution in [-0.4, -0.2) is 22.4 Å². The van der Waals surface area contributed by atoms with E-state index in [0.717, 1.165) is 5.56 Å². The quantitative estimate of drug-likeness (QED) is 0.519. The van der Waals surface area contributed by atoms with Crippen LogP contribution in [-0.2, 0) is 20.9 Å². The van der Waals surface area contributed by atoms with Gasteiger partial charge in [0.05, 0.1) is 0 Å². The topological polar surface area (TPSA) is 77.4 Å². The monoisotopic (exact) mass is 284 g/mol. The first-order valence-electron chi connectivity index (χ1n) is 6.39. The average Bonchev–Trinajstić information content (AvgIpc) is 2.96. The molecule has 1 aromatic heterocycles. The number of rotatable bonds is 3. The number of esters is 1. The van der Waals surface area contributed by atoms with Crippen LogP contribution in [0.1, 0.15) is 22.1 Å². The molecule has 1 atom stereocenters. The largest absolute Gasteiger partial charge is 0.459 e. The Balaban J connectivity index is 1.77. The SMILES string of the molecule is O=C1NC(=O)C(C(=O)OCc2ccccc2)n2cccc21. The third-order valence-electron chi connectivity index (χ3n) is 3.22. The van der Waals surface area contributed by atoms with Crippen molar-refractivity contribution in [1.29, 1.82) is 0 Å². The van der Waals surface area contributed by atoms with Crippen molar-refractivity contribution in [2.45, 2.75) is 12.6 Å². The third kappa shape index (κ3) is 2.43. The molecule has 1 N–H and O–H groups in total. The molecule has 0 fully saturated rings. The van der Waals surface area contributed by atoms with Crippen LogP contribution in [0.15, 0.2) is 48.7 Å². The molecule has 0 saturated carbocycles. The number of imide groups is 1. The van der Waals surface area contributed by atoms with Crippen molar-refractivity contribution in [2.24, 2.45) is 0 Å². The van der Waals surface area contributed by atoms with E-state index in [0.29, 0.717) is 0 Å². The normalized spacial score (nSPS) is 17.0. The van der Waals surface area contributed by atoms with Crippen LogP contribution in [0.4, 0.5) is 0 Å². The Morgan fingerprint density at radius 1 is 1.14 bits per heavy atom. The van der Waals surface area contributed by atoms with Crippen LogP contribution in [0.2, 0.25) is 0 Å². The summed E-state index contributed by atoms with van der Waals surface area (Å²) in [6, 6.07) is 11.1. The van der Waals surface area contributed by atoms with E-state index in [1.54, 1.807) is 12.1 Å². The second-order valence-electron chi connectivity index (χ2n) is 4.61. The van der Waals surface area contributed by atoms with Gasteiger partial charge in [-0.25, -0.2) is 4.79 Å². The van der Waals surface area contributed by atoms with Crippen LogP contribution in [0, 0.1) is 0 Å². The van der Waals surface area contributed by atoms with Gasteiger partial charge in [-0.15, -0.1) is 0 Å². The Hall–Kier alpha value is -2.89. The Labute approximate surface area is 120 Å². The Kier molecular flexibility index (Phi) is 3.27. The molecule has 0 bridgehead atoms. The highest BCUT2D eigenvalue weighted by Gasteiger charge is 2.37. The maximum Gasteiger partial charge on any atom is 0.339 e. The first-order valence-corrected chi connectivity index (χ1v) is 6.39. The minimum atomic E-state index is -1.17. The van der Waals surface area contributed by atoms with Gasteiger partial charge in [0.2, 0.25) is 6.04 Å². The molecule has 106 valence electrons. The van der Waals surface area contributed by atoms with Gasteiger partial charge in [-0.05, 0) is 17.7 Å². The van der Waals surface area contributed by atoms with Gasteiger partial charge < -0.3 is 9.30 Å². The van der Waals surface area contributed by atoms with Gasteiger partial charge in [0, 0.05) is 6.20 Å². The van der Waals surface area contributed by atoms with E-state index in [9.17, 15) is 14.4 Å². The van der Waals surface area contributed by atoms with Crippen LogP contribution >= 0.6 is 0 Å². The number of nitrogens with zero attached hydrogens (tertiary/aromatic N) is 1. The highest BCUT2D eigenvalue weighted by molar-refractivity contribution is 6.13. The van der Waals surface area contributed by atoms with E-state index >= 15 is 0 Å². The molecule has 2 heterocycles. The summed E-state index contributed by atoms with van der Waals surface area (Å²) >= 11 is 0. The predicted octanol–water partition coefficient (Wildman–Crippen LogP) is 1.04. The molecular weight excluding hydrogens is 272 g/mol. The summed E-state index contributed by atoms with van der Waals surface area (Å²) in [6.45, 7) is 0.0774. The number of hydrogen-bond acceptors (Lipinski definition) is 4. The van der Waals surface area contributed by atoms with E-state index < -0.39 is 23.8 Å². The van der Waals surface area contributed by atoms with Gasteiger partial charge >= 0.3 is 5.97 Å². The molecule has 1 unspecified atom stereocenters. The maximum absolute atomic E-state index is 12.1. The Bertz CT molecular complexity index is 705. The lowest BCUT2D eigenvalue weighted by atomic mass is 10.2. The summed E-state index contributed by atoms with van der Waals surface area (Å²) in [6.07, 6.45) is 1.51. The molecule has 2 aromatic rings. The smallest absolute Gasteiger partial charge is 0.339 e. The number of aromatic nitrogens is 1. The van der Waals surface area contributed by atoms with Crippen molar-refractivity contribution >= 4 is 17.8 Å². The van der Waals surface area contributed by atoms with E-state index in [1.807, 2.05) is 30.3 Å². The number of ether oxygens (including phenoxy) is 1. The van der Waals surface area contributed by atoms with Crippen LogP contribution < -0.4 is 5.32 Å². The van der Waals surface area contributed by atoms with E-state index in [4.69, 9.17) is 4.74 Å². The highest BCUT2D eigenvalue weighted by atomic mass is 16.5. The molecule has 21 heavy (non-hydrogen) atoms. The van der Waals surface area contributed by atoms with Crippen molar-refractivity contribution in [2.75, 3.05) is 0 Å². The zero-order chi connectivity index (χ0) is 14.8. The van der Waals surface area contributed by atoms with Gasteiger partial charge in [0.25, 0.3) is 11.8 Å². The van der Waals surface area contributed by atoms with Gasteiger partial charge in [-0.1, -0.05) is 30.3 Å². The third-order valence-corrected chi connectivity index (χ3v) is 3.22. The number of nitrogens with one attached hydrogen (secondary N) is 1. The first-order chi connectivity index (χ1) is 10.2. The maximum atomic E-state index is 12.1. The average molecular weight is 284 g/mol. The molecular formula is C15H12N2O4. The predicted molar refractivity (Wildman–Crippen MR) is 72.2 cm³/mol. The summed E-state index contributed by atoms with van der Waals surface area (Å²) in [5.41, 5.74) is 1.09. The fourth-order valence-electron chi connectivity index (χ4n) is 2.21. The van der Waals surface area contributed by atoms with Crippen LogP contribution in [0.25, 0.3) is 0 Å². The fraction of sp³-hybridized carbons (Fsp3) is 0.133. The molecule has 1 aromatic carbocycles. The van der Waals surface area contributed by atoms with E-state index in [-0.39, 0.29) is 12.3 Å². The lowest BCUT2D eigenvalue weighted by Gasteiger charge is -2.23. The van der Waals surface area contributed by atoms with E-state index in [2.05, 4.69) is 5.32 Å². The number of amides is 2. The van der Waals surface area contributed by atoms with Crippen molar-refractivity contribution < 1.29 is 19.1 Å². The van der Waals surface area contributed by atoms with Crippen LogP contribution in [0.5, 0.6) is 0 Å². The number of fused-ring (bicyclic) bond motifs is 1. The molecule has 0 spiro atoms. The lowest BCUT2D eigenvalue weighted by Crippen LogP contribution is -2.47. The minimum absolute atomic E-state index is 0.0774. The standard InChI is InChI=1S/C15H12N2O4/c18-13-11-7-4-8-17(11)12(14(19)16-13)15(20)21-9-10-5-2-1-3-6-10/h1-8,12H,9H2,(H,16,18,19). The highest BCUT2D eigenvalue weighted by Crippen LogP contribution is 2.19. The van der Waals surface area contributed by atoms with Crippen LogP contribution in [0.3, 0.4) is 0 Å². The number of benzene rings is 1. The molecule has 1 aliphatic rings.